The van der Waals surface area contributed by atoms with Gasteiger partial charge in [0.15, 0.2) is 0 Å². The number of amides is 1. The number of nitrogens with one attached hydrogen (secondary N) is 1. The minimum atomic E-state index is -0.319. The zero-order valence-electron chi connectivity index (χ0n) is 17.8. The second-order valence-corrected chi connectivity index (χ2v) is 8.09. The highest BCUT2D eigenvalue weighted by Gasteiger charge is 2.22. The van der Waals surface area contributed by atoms with Crippen LogP contribution in [-0.2, 0) is 5.41 Å². The molecule has 0 bridgehead atoms. The van der Waals surface area contributed by atoms with Crippen LogP contribution in [0.3, 0.4) is 0 Å². The summed E-state index contributed by atoms with van der Waals surface area (Å²) < 4.78 is 2.96. The molecule has 32 heavy (non-hydrogen) atoms. The molecule has 0 spiro atoms. The highest BCUT2D eigenvalue weighted by atomic mass is 16.1. The van der Waals surface area contributed by atoms with E-state index in [1.807, 2.05) is 32.9 Å². The molecule has 0 saturated carbocycles. The molecule has 3 heterocycles. The lowest BCUT2D eigenvalue weighted by atomic mass is 9.92. The first-order chi connectivity index (χ1) is 15.3. The van der Waals surface area contributed by atoms with Crippen LogP contribution in [0.15, 0.2) is 55.0 Å². The number of aromatic nitrogens is 6. The largest absolute Gasteiger partial charge is 0.382 e. The van der Waals surface area contributed by atoms with Gasteiger partial charge in [0.1, 0.15) is 23.3 Å². The third kappa shape index (κ3) is 3.91. The van der Waals surface area contributed by atoms with E-state index in [1.54, 1.807) is 42.7 Å². The number of hydrogen-bond donors (Lipinski definition) is 2. The van der Waals surface area contributed by atoms with Crippen molar-refractivity contribution in [2.45, 2.75) is 26.2 Å². The van der Waals surface area contributed by atoms with Crippen LogP contribution in [0.5, 0.6) is 0 Å². The molecule has 0 aliphatic heterocycles. The van der Waals surface area contributed by atoms with Crippen molar-refractivity contribution in [2.24, 2.45) is 0 Å². The first-order valence-corrected chi connectivity index (χ1v) is 9.81. The summed E-state index contributed by atoms with van der Waals surface area (Å²) in [7, 11) is 0. The molecule has 10 heteroatoms. The van der Waals surface area contributed by atoms with Crippen LogP contribution in [0.1, 0.15) is 42.4 Å². The molecule has 0 aliphatic carbocycles. The number of benzene rings is 1. The van der Waals surface area contributed by atoms with E-state index < -0.39 is 0 Å². The molecule has 0 atom stereocenters. The number of nitrogens with two attached hydrogens (primary N) is 1. The van der Waals surface area contributed by atoms with Crippen molar-refractivity contribution in [3.8, 4) is 17.7 Å². The standard InChI is InChI=1S/C22H21N9O/c1-22(2,3)17-11-18(31(29-17)21-25-9-4-10-26-21)28-20(32)14-5-7-16(8-6-14)30-19(24)15(12-23)13-27-30/h4-11,13H,24H2,1-3H3,(H,28,32). The lowest BCUT2D eigenvalue weighted by Gasteiger charge is -2.13. The molecule has 3 N–H and O–H groups in total. The minimum Gasteiger partial charge on any atom is -0.382 e. The van der Waals surface area contributed by atoms with Crippen molar-refractivity contribution in [3.63, 3.8) is 0 Å². The Labute approximate surface area is 184 Å². The van der Waals surface area contributed by atoms with Gasteiger partial charge < -0.3 is 11.1 Å². The average Bonchev–Trinajstić information content (AvgIpc) is 3.38. The molecule has 160 valence electrons. The van der Waals surface area contributed by atoms with Gasteiger partial charge >= 0.3 is 0 Å². The van der Waals surface area contributed by atoms with Gasteiger partial charge in [-0.05, 0) is 30.3 Å². The summed E-state index contributed by atoms with van der Waals surface area (Å²) in [4.78, 5) is 21.4. The molecular formula is C22H21N9O. The maximum Gasteiger partial charge on any atom is 0.256 e. The van der Waals surface area contributed by atoms with Crippen molar-refractivity contribution in [3.05, 3.63) is 71.8 Å². The summed E-state index contributed by atoms with van der Waals surface area (Å²) in [6.45, 7) is 6.11. The highest BCUT2D eigenvalue weighted by molar-refractivity contribution is 6.04. The molecule has 10 nitrogen and oxygen atoms in total. The van der Waals surface area contributed by atoms with E-state index in [9.17, 15) is 4.79 Å². The Morgan fingerprint density at radius 1 is 1.12 bits per heavy atom. The first kappa shape index (κ1) is 20.7. The Kier molecular flexibility index (Phi) is 5.16. The Balaban J connectivity index is 1.62. The van der Waals surface area contributed by atoms with Gasteiger partial charge in [-0.2, -0.15) is 20.1 Å². The van der Waals surface area contributed by atoms with Crippen LogP contribution in [0.25, 0.3) is 11.6 Å². The van der Waals surface area contributed by atoms with Crippen molar-refractivity contribution >= 4 is 17.5 Å². The van der Waals surface area contributed by atoms with E-state index in [0.29, 0.717) is 23.0 Å². The zero-order valence-corrected chi connectivity index (χ0v) is 17.8. The number of carbonyl (C=O) groups is 1. The number of nitriles is 1. The lowest BCUT2D eigenvalue weighted by Crippen LogP contribution is -2.16. The molecule has 4 rings (SSSR count). The van der Waals surface area contributed by atoms with Crippen LogP contribution < -0.4 is 11.1 Å². The van der Waals surface area contributed by atoms with E-state index in [1.165, 1.54) is 15.6 Å². The highest BCUT2D eigenvalue weighted by Crippen LogP contribution is 2.26. The summed E-state index contributed by atoms with van der Waals surface area (Å²) >= 11 is 0. The fraction of sp³-hybridized carbons (Fsp3) is 0.182. The van der Waals surface area contributed by atoms with Gasteiger partial charge in [-0.15, -0.1) is 0 Å². The second-order valence-electron chi connectivity index (χ2n) is 8.09. The van der Waals surface area contributed by atoms with Crippen LogP contribution >= 0.6 is 0 Å². The summed E-state index contributed by atoms with van der Waals surface area (Å²) in [5, 5.41) is 20.6. The van der Waals surface area contributed by atoms with Gasteiger partial charge in [-0.1, -0.05) is 20.8 Å². The molecule has 3 aromatic heterocycles. The van der Waals surface area contributed by atoms with E-state index in [-0.39, 0.29) is 22.7 Å². The number of nitrogen functional groups attached to an aromatic ring is 1. The molecule has 0 radical (unpaired) electrons. The van der Waals surface area contributed by atoms with Gasteiger partial charge in [0, 0.05) is 29.4 Å². The predicted molar refractivity (Wildman–Crippen MR) is 118 cm³/mol. The summed E-state index contributed by atoms with van der Waals surface area (Å²) in [6, 6.07) is 12.2. The Hall–Kier alpha value is -4.52. The van der Waals surface area contributed by atoms with Gasteiger partial charge in [0.05, 0.1) is 17.6 Å². The smallest absolute Gasteiger partial charge is 0.256 e. The number of carbonyl (C=O) groups excluding carboxylic acids is 1. The van der Waals surface area contributed by atoms with Gasteiger partial charge in [0.2, 0.25) is 0 Å². The summed E-state index contributed by atoms with van der Waals surface area (Å²) in [5.74, 6) is 0.743. The Bertz CT molecular complexity index is 1310. The maximum atomic E-state index is 12.9. The second kappa shape index (κ2) is 7.96. The number of anilines is 2. The average molecular weight is 427 g/mol. The molecule has 4 aromatic rings. The van der Waals surface area contributed by atoms with E-state index in [0.717, 1.165) is 5.69 Å². The first-order valence-electron chi connectivity index (χ1n) is 9.81. The predicted octanol–water partition coefficient (Wildman–Crippen LogP) is 2.85. The molecule has 0 unspecified atom stereocenters. The topological polar surface area (TPSA) is 140 Å². The summed E-state index contributed by atoms with van der Waals surface area (Å²) in [6.07, 6.45) is 4.63. The maximum absolute atomic E-state index is 12.9. The van der Waals surface area contributed by atoms with Crippen molar-refractivity contribution < 1.29 is 4.79 Å². The Morgan fingerprint density at radius 2 is 1.81 bits per heavy atom. The van der Waals surface area contributed by atoms with Gasteiger partial charge in [-0.3, -0.25) is 4.79 Å². The van der Waals surface area contributed by atoms with Crippen LogP contribution in [-0.4, -0.2) is 35.4 Å². The normalized spacial score (nSPS) is 11.2. The van der Waals surface area contributed by atoms with Crippen LogP contribution in [0.2, 0.25) is 0 Å². The quantitative estimate of drug-likeness (QED) is 0.510. The molecule has 0 fully saturated rings. The lowest BCUT2D eigenvalue weighted by molar-refractivity contribution is 0.102. The SMILES string of the molecule is CC(C)(C)c1cc(NC(=O)c2ccc(-n3ncc(C#N)c3N)cc2)n(-c2ncccn2)n1. The van der Waals surface area contributed by atoms with Gasteiger partial charge in [-0.25, -0.2) is 14.6 Å². The van der Waals surface area contributed by atoms with Gasteiger partial charge in [0.25, 0.3) is 11.9 Å². The van der Waals surface area contributed by atoms with E-state index >= 15 is 0 Å². The number of rotatable bonds is 4. The van der Waals surface area contributed by atoms with Crippen LogP contribution in [0.4, 0.5) is 11.6 Å². The van der Waals surface area contributed by atoms with Crippen LogP contribution in [0, 0.1) is 11.3 Å². The monoisotopic (exact) mass is 427 g/mol. The fourth-order valence-corrected chi connectivity index (χ4v) is 2.98. The fourth-order valence-electron chi connectivity index (χ4n) is 2.98. The zero-order chi connectivity index (χ0) is 22.9. The minimum absolute atomic E-state index is 0.229. The number of nitrogens with zero attached hydrogens (tertiary/aromatic N) is 7. The molecule has 0 aliphatic rings. The van der Waals surface area contributed by atoms with Crippen molar-refractivity contribution in [1.82, 2.24) is 29.5 Å². The third-order valence-corrected chi connectivity index (χ3v) is 4.76. The molecule has 0 saturated heterocycles. The molecular weight excluding hydrogens is 406 g/mol. The van der Waals surface area contributed by atoms with Crippen molar-refractivity contribution in [2.75, 3.05) is 11.1 Å². The van der Waals surface area contributed by atoms with Crippen molar-refractivity contribution in [1.29, 1.82) is 5.26 Å². The number of hydrogen-bond acceptors (Lipinski definition) is 7. The third-order valence-electron chi connectivity index (χ3n) is 4.76. The van der Waals surface area contributed by atoms with E-state index in [4.69, 9.17) is 11.0 Å². The Morgan fingerprint density at radius 3 is 2.41 bits per heavy atom. The summed E-state index contributed by atoms with van der Waals surface area (Å²) in [5.41, 5.74) is 7.85. The van der Waals surface area contributed by atoms with E-state index in [2.05, 4.69) is 25.5 Å². The molecule has 1 amide bonds. The molecule has 1 aromatic carbocycles.